The molecule has 0 fully saturated rings. The molecule has 1 aromatic heterocycles. The summed E-state index contributed by atoms with van der Waals surface area (Å²) in [5, 5.41) is 10.7. The summed E-state index contributed by atoms with van der Waals surface area (Å²) in [6, 6.07) is 9.12. The molecule has 1 aliphatic rings. The standard InChI is InChI=1S/C19H16F3N3O2S.C2H6/c1-25-17-10-14(27-19(20,21)22)4-3-5-15(17)16(11-23)18(25)12-6-8-13(9-7-12)24-28(2)26;1-2/h4-10,24H,3H2,1-2H3;1-2H3. The van der Waals surface area contributed by atoms with E-state index in [1.165, 1.54) is 18.4 Å². The van der Waals surface area contributed by atoms with Gasteiger partial charge < -0.3 is 14.0 Å². The predicted octanol–water partition coefficient (Wildman–Crippen LogP) is 3.68. The smallest absolute Gasteiger partial charge is 0.406 e. The van der Waals surface area contributed by atoms with Crippen molar-refractivity contribution in [2.75, 3.05) is 11.0 Å². The zero-order valence-electron chi connectivity index (χ0n) is 17.0. The molecular weight excluding hydrogens is 415 g/mol. The number of allylic oxidation sites excluding steroid dienone is 2. The van der Waals surface area contributed by atoms with Crippen LogP contribution in [0.1, 0.15) is 25.8 Å². The van der Waals surface area contributed by atoms with Crippen LogP contribution < -0.4 is 15.3 Å². The lowest BCUT2D eigenvalue weighted by Crippen LogP contribution is -2.29. The first-order valence-corrected chi connectivity index (χ1v) is 10.7. The maximum absolute atomic E-state index is 12.6. The maximum Gasteiger partial charge on any atom is 0.573 e. The van der Waals surface area contributed by atoms with Crippen LogP contribution in [0, 0.1) is 11.3 Å². The molecule has 1 unspecified atom stereocenters. The van der Waals surface area contributed by atoms with E-state index in [4.69, 9.17) is 0 Å². The van der Waals surface area contributed by atoms with Crippen LogP contribution in [0.2, 0.25) is 0 Å². The highest BCUT2D eigenvalue weighted by Crippen LogP contribution is 2.25. The molecule has 0 saturated heterocycles. The van der Waals surface area contributed by atoms with Gasteiger partial charge in [0.05, 0.1) is 16.6 Å². The Hall–Kier alpha value is -2.99. The molecule has 0 radical (unpaired) electrons. The quantitative estimate of drug-likeness (QED) is 0.794. The van der Waals surface area contributed by atoms with Crippen LogP contribution in [0.4, 0.5) is 18.9 Å². The molecule has 9 heteroatoms. The fraction of sp³-hybridized carbons (Fsp3) is 0.286. The number of nitrogens with one attached hydrogen (secondary N) is 1. The van der Waals surface area contributed by atoms with Crippen LogP contribution in [-0.4, -0.2) is 21.4 Å². The van der Waals surface area contributed by atoms with Gasteiger partial charge in [-0.25, -0.2) is 4.21 Å². The van der Waals surface area contributed by atoms with Crippen LogP contribution in [0.25, 0.3) is 23.4 Å². The average molecular weight is 437 g/mol. The number of alkyl halides is 3. The lowest BCUT2D eigenvalue weighted by Gasteiger charge is -2.10. The summed E-state index contributed by atoms with van der Waals surface area (Å²) in [7, 11) is 0.467. The first-order chi connectivity index (χ1) is 14.2. The SMILES string of the molecule is CC.Cn1c(-c2ccc(NS(C)=O)cc2)c(C#N)c2c1=CC(OC(F)(F)F)=CCC=2. The van der Waals surface area contributed by atoms with Gasteiger partial charge >= 0.3 is 6.36 Å². The number of benzene rings is 1. The maximum atomic E-state index is 12.6. The van der Waals surface area contributed by atoms with Gasteiger partial charge in [-0.3, -0.25) is 0 Å². The van der Waals surface area contributed by atoms with Crippen molar-refractivity contribution in [1.29, 1.82) is 5.26 Å². The molecule has 0 amide bonds. The molecule has 160 valence electrons. The van der Waals surface area contributed by atoms with Gasteiger partial charge in [-0.15, -0.1) is 13.2 Å². The summed E-state index contributed by atoms with van der Waals surface area (Å²) in [6.07, 6.45) is 1.23. The Labute approximate surface area is 175 Å². The highest BCUT2D eigenvalue weighted by Gasteiger charge is 2.31. The topological polar surface area (TPSA) is 67.0 Å². The van der Waals surface area contributed by atoms with Gasteiger partial charge in [-0.2, -0.15) is 5.26 Å². The lowest BCUT2D eigenvalue weighted by molar-refractivity contribution is -0.302. The summed E-state index contributed by atoms with van der Waals surface area (Å²) >= 11 is 0. The number of ether oxygens (including phenoxy) is 1. The summed E-state index contributed by atoms with van der Waals surface area (Å²) in [5.41, 5.74) is 2.32. The van der Waals surface area contributed by atoms with E-state index >= 15 is 0 Å². The number of aromatic nitrogens is 1. The zero-order valence-corrected chi connectivity index (χ0v) is 17.8. The molecule has 5 nitrogen and oxygen atoms in total. The summed E-state index contributed by atoms with van der Waals surface area (Å²) in [5.74, 6) is -0.316. The number of rotatable bonds is 4. The van der Waals surface area contributed by atoms with Gasteiger partial charge in [-0.1, -0.05) is 32.1 Å². The Bertz CT molecular complexity index is 1120. The minimum atomic E-state index is -4.79. The van der Waals surface area contributed by atoms with E-state index in [-0.39, 0.29) is 12.2 Å². The van der Waals surface area contributed by atoms with E-state index < -0.39 is 17.3 Å². The van der Waals surface area contributed by atoms with Crippen LogP contribution in [0.15, 0.2) is 36.1 Å². The third kappa shape index (κ3) is 5.33. The minimum Gasteiger partial charge on any atom is -0.406 e. The second kappa shape index (κ2) is 9.67. The van der Waals surface area contributed by atoms with Gasteiger partial charge in [0.1, 0.15) is 22.8 Å². The Morgan fingerprint density at radius 2 is 1.83 bits per heavy atom. The minimum absolute atomic E-state index is 0.207. The largest absolute Gasteiger partial charge is 0.573 e. The highest BCUT2D eigenvalue weighted by atomic mass is 32.2. The number of nitrogens with zero attached hydrogens (tertiary/aromatic N) is 2. The summed E-state index contributed by atoms with van der Waals surface area (Å²) in [4.78, 5) is 0. The van der Waals surface area contributed by atoms with Crippen LogP contribution in [-0.2, 0) is 22.8 Å². The second-order valence-corrected chi connectivity index (χ2v) is 7.18. The monoisotopic (exact) mass is 437 g/mol. The summed E-state index contributed by atoms with van der Waals surface area (Å²) < 4.78 is 57.6. The molecule has 1 aromatic carbocycles. The van der Waals surface area contributed by atoms with Crippen molar-refractivity contribution in [3.8, 4) is 17.3 Å². The van der Waals surface area contributed by atoms with Crippen molar-refractivity contribution >= 4 is 28.8 Å². The molecule has 30 heavy (non-hydrogen) atoms. The third-order valence-corrected chi connectivity index (χ3v) is 4.69. The molecule has 1 N–H and O–H groups in total. The van der Waals surface area contributed by atoms with E-state index in [0.29, 0.717) is 33.1 Å². The van der Waals surface area contributed by atoms with Crippen molar-refractivity contribution in [1.82, 2.24) is 4.57 Å². The molecule has 0 aliphatic heterocycles. The molecule has 0 saturated carbocycles. The molecule has 2 aromatic rings. The fourth-order valence-electron chi connectivity index (χ4n) is 3.11. The van der Waals surface area contributed by atoms with Gasteiger partial charge in [0.15, 0.2) is 0 Å². The molecule has 3 rings (SSSR count). The van der Waals surface area contributed by atoms with Gasteiger partial charge in [0, 0.05) is 30.3 Å². The molecular formula is C21H22F3N3O2S. The van der Waals surface area contributed by atoms with E-state index in [9.17, 15) is 22.6 Å². The number of hydrogen-bond donors (Lipinski definition) is 1. The van der Waals surface area contributed by atoms with E-state index in [0.717, 1.165) is 0 Å². The van der Waals surface area contributed by atoms with Gasteiger partial charge in [0.25, 0.3) is 0 Å². The Balaban J connectivity index is 0.00000155. The van der Waals surface area contributed by atoms with E-state index in [1.54, 1.807) is 42.0 Å². The molecule has 1 heterocycles. The number of hydrogen-bond acceptors (Lipinski definition) is 3. The van der Waals surface area contributed by atoms with Crippen LogP contribution in [0.5, 0.6) is 0 Å². The van der Waals surface area contributed by atoms with Crippen molar-refractivity contribution in [3.05, 3.63) is 52.2 Å². The molecule has 1 atom stereocenters. The first-order valence-electron chi connectivity index (χ1n) is 9.16. The molecule has 1 aliphatic carbocycles. The highest BCUT2D eigenvalue weighted by molar-refractivity contribution is 7.85. The Kier molecular flexibility index (Phi) is 7.51. The Morgan fingerprint density at radius 3 is 2.37 bits per heavy atom. The van der Waals surface area contributed by atoms with Crippen molar-refractivity contribution < 1.29 is 22.1 Å². The normalized spacial score (nSPS) is 13.7. The van der Waals surface area contributed by atoms with Crippen molar-refractivity contribution in [2.45, 2.75) is 26.6 Å². The average Bonchev–Trinajstić information content (AvgIpc) is 2.81. The van der Waals surface area contributed by atoms with Crippen molar-refractivity contribution in [3.63, 3.8) is 0 Å². The Morgan fingerprint density at radius 1 is 1.20 bits per heavy atom. The number of fused-ring (bicyclic) bond motifs is 1. The third-order valence-electron chi connectivity index (χ3n) is 4.16. The fourth-order valence-corrected chi connectivity index (χ4v) is 3.58. The van der Waals surface area contributed by atoms with Crippen LogP contribution >= 0.6 is 0 Å². The zero-order chi connectivity index (χ0) is 22.5. The predicted molar refractivity (Wildman–Crippen MR) is 113 cm³/mol. The number of halogens is 3. The van der Waals surface area contributed by atoms with Crippen LogP contribution in [0.3, 0.4) is 0 Å². The second-order valence-electron chi connectivity index (χ2n) is 6.07. The molecule has 0 bridgehead atoms. The van der Waals surface area contributed by atoms with E-state index in [1.807, 2.05) is 13.8 Å². The van der Waals surface area contributed by atoms with Gasteiger partial charge in [0.2, 0.25) is 0 Å². The molecule has 0 spiro atoms. The van der Waals surface area contributed by atoms with Gasteiger partial charge in [-0.05, 0) is 30.2 Å². The number of nitriles is 1. The lowest BCUT2D eigenvalue weighted by atomic mass is 10.1. The summed E-state index contributed by atoms with van der Waals surface area (Å²) in [6.45, 7) is 4.00. The first kappa shape index (κ1) is 23.3. The van der Waals surface area contributed by atoms with Crippen molar-refractivity contribution in [2.24, 2.45) is 7.05 Å². The number of anilines is 1. The van der Waals surface area contributed by atoms with E-state index in [2.05, 4.69) is 15.5 Å².